The van der Waals surface area contributed by atoms with Crippen molar-refractivity contribution in [3.63, 3.8) is 0 Å². The van der Waals surface area contributed by atoms with Crippen LogP contribution in [-0.4, -0.2) is 22.6 Å². The van der Waals surface area contributed by atoms with Crippen LogP contribution in [0.1, 0.15) is 49.2 Å². The lowest BCUT2D eigenvalue weighted by atomic mass is 10.1. The quantitative estimate of drug-likeness (QED) is 0.841. The Kier molecular flexibility index (Phi) is 3.55. The number of hydrogen-bond donors (Lipinski definition) is 2. The number of aromatic nitrogens is 1. The number of carboxylic acid groups (broad SMARTS) is 1. The minimum atomic E-state index is -0.901. The van der Waals surface area contributed by atoms with E-state index in [1.54, 1.807) is 12.1 Å². The molecule has 1 aliphatic rings. The molecule has 0 radical (unpaired) electrons. The Balaban J connectivity index is 2.14. The summed E-state index contributed by atoms with van der Waals surface area (Å²) in [6, 6.07) is 3.26. The van der Waals surface area contributed by atoms with Crippen LogP contribution in [0.5, 0.6) is 0 Å². The molecule has 2 rings (SSSR count). The fourth-order valence-electron chi connectivity index (χ4n) is 1.98. The Hall–Kier alpha value is -1.58. The number of anilines is 1. The first kappa shape index (κ1) is 12.9. The summed E-state index contributed by atoms with van der Waals surface area (Å²) in [5.41, 5.74) is 1.13. The third-order valence-electron chi connectivity index (χ3n) is 3.51. The largest absolute Gasteiger partial charge is 0.478 e. The molecule has 1 aromatic heterocycles. The molecule has 18 heavy (non-hydrogen) atoms. The van der Waals surface area contributed by atoms with Gasteiger partial charge in [0, 0.05) is 12.2 Å². The summed E-state index contributed by atoms with van der Waals surface area (Å²) in [6.45, 7) is 7.14. The number of carboxylic acids is 1. The van der Waals surface area contributed by atoms with E-state index in [4.69, 9.17) is 5.11 Å². The number of nitrogens with zero attached hydrogens (tertiary/aromatic N) is 1. The van der Waals surface area contributed by atoms with Crippen molar-refractivity contribution >= 4 is 11.8 Å². The van der Waals surface area contributed by atoms with Gasteiger partial charge in [-0.15, -0.1) is 0 Å². The van der Waals surface area contributed by atoms with E-state index >= 15 is 0 Å². The first-order valence-electron chi connectivity index (χ1n) is 6.46. The van der Waals surface area contributed by atoms with Gasteiger partial charge in [0.05, 0.1) is 5.56 Å². The van der Waals surface area contributed by atoms with Gasteiger partial charge in [-0.05, 0) is 36.3 Å². The van der Waals surface area contributed by atoms with Crippen LogP contribution in [-0.2, 0) is 0 Å². The highest BCUT2D eigenvalue weighted by atomic mass is 16.4. The first-order valence-corrected chi connectivity index (χ1v) is 6.46. The zero-order valence-electron chi connectivity index (χ0n) is 11.1. The van der Waals surface area contributed by atoms with E-state index in [0.29, 0.717) is 17.3 Å². The second-order valence-electron chi connectivity index (χ2n) is 5.48. The molecule has 0 aliphatic heterocycles. The van der Waals surface area contributed by atoms with Gasteiger partial charge < -0.3 is 10.4 Å². The van der Waals surface area contributed by atoms with Gasteiger partial charge in [-0.2, -0.15) is 0 Å². The fraction of sp³-hybridized carbons (Fsp3) is 0.571. The normalized spacial score (nSPS) is 22.0. The number of carbonyl (C=O) groups is 1. The first-order chi connectivity index (χ1) is 8.47. The van der Waals surface area contributed by atoms with Crippen molar-refractivity contribution in [1.29, 1.82) is 0 Å². The standard InChI is InChI=1S/C14H20N2O2/c1-8(2)12-5-10(14(17)18)6-13(16-12)15-7-11-4-9(11)3/h5-6,8-9,11H,4,7H2,1-3H3,(H,15,16)(H,17,18). The van der Waals surface area contributed by atoms with Gasteiger partial charge in [0.1, 0.15) is 5.82 Å². The van der Waals surface area contributed by atoms with Gasteiger partial charge in [-0.3, -0.25) is 0 Å². The van der Waals surface area contributed by atoms with Crippen molar-refractivity contribution < 1.29 is 9.90 Å². The van der Waals surface area contributed by atoms with Crippen LogP contribution in [0.15, 0.2) is 12.1 Å². The summed E-state index contributed by atoms with van der Waals surface area (Å²) in [6.07, 6.45) is 1.25. The number of aromatic carboxylic acids is 1. The van der Waals surface area contributed by atoms with Crippen molar-refractivity contribution in [2.45, 2.75) is 33.1 Å². The monoisotopic (exact) mass is 248 g/mol. The van der Waals surface area contributed by atoms with E-state index in [1.165, 1.54) is 6.42 Å². The average molecular weight is 248 g/mol. The SMILES string of the molecule is CC(C)c1cc(C(=O)O)cc(NCC2CC2C)n1. The average Bonchev–Trinajstić information content (AvgIpc) is 3.02. The van der Waals surface area contributed by atoms with Gasteiger partial charge >= 0.3 is 5.97 Å². The summed E-state index contributed by atoms with van der Waals surface area (Å²) in [7, 11) is 0. The summed E-state index contributed by atoms with van der Waals surface area (Å²) >= 11 is 0. The Labute approximate surface area is 107 Å². The third kappa shape index (κ3) is 3.00. The topological polar surface area (TPSA) is 62.2 Å². The predicted octanol–water partition coefficient (Wildman–Crippen LogP) is 2.97. The molecule has 0 bridgehead atoms. The predicted molar refractivity (Wildman–Crippen MR) is 71.0 cm³/mol. The fourth-order valence-corrected chi connectivity index (χ4v) is 1.98. The van der Waals surface area contributed by atoms with E-state index in [2.05, 4.69) is 17.2 Å². The molecule has 1 heterocycles. The molecule has 4 nitrogen and oxygen atoms in total. The Morgan fingerprint density at radius 2 is 2.22 bits per heavy atom. The molecule has 4 heteroatoms. The van der Waals surface area contributed by atoms with E-state index in [0.717, 1.165) is 18.2 Å². The maximum absolute atomic E-state index is 11.1. The molecular weight excluding hydrogens is 228 g/mol. The maximum atomic E-state index is 11.1. The smallest absolute Gasteiger partial charge is 0.335 e. The van der Waals surface area contributed by atoms with Crippen LogP contribution >= 0.6 is 0 Å². The molecule has 1 aromatic rings. The highest BCUT2D eigenvalue weighted by Gasteiger charge is 2.32. The number of nitrogens with one attached hydrogen (secondary N) is 1. The Bertz CT molecular complexity index is 457. The minimum Gasteiger partial charge on any atom is -0.478 e. The summed E-state index contributed by atoms with van der Waals surface area (Å²) < 4.78 is 0. The third-order valence-corrected chi connectivity index (χ3v) is 3.51. The van der Waals surface area contributed by atoms with Gasteiger partial charge in [0.25, 0.3) is 0 Å². The molecule has 0 saturated heterocycles. The Morgan fingerprint density at radius 1 is 1.56 bits per heavy atom. The van der Waals surface area contributed by atoms with Crippen molar-refractivity contribution in [2.24, 2.45) is 11.8 Å². The lowest BCUT2D eigenvalue weighted by molar-refractivity contribution is 0.0696. The maximum Gasteiger partial charge on any atom is 0.335 e. The molecule has 0 spiro atoms. The zero-order chi connectivity index (χ0) is 13.3. The van der Waals surface area contributed by atoms with Gasteiger partial charge in [-0.1, -0.05) is 20.8 Å². The molecular formula is C14H20N2O2. The molecule has 1 fully saturated rings. The Morgan fingerprint density at radius 3 is 2.72 bits per heavy atom. The lowest BCUT2D eigenvalue weighted by Crippen LogP contribution is -2.09. The van der Waals surface area contributed by atoms with Crippen LogP contribution in [0.2, 0.25) is 0 Å². The van der Waals surface area contributed by atoms with Crippen LogP contribution in [0.4, 0.5) is 5.82 Å². The number of pyridine rings is 1. The van der Waals surface area contributed by atoms with E-state index in [-0.39, 0.29) is 5.92 Å². The molecule has 0 aromatic carbocycles. The zero-order valence-corrected chi connectivity index (χ0v) is 11.1. The summed E-state index contributed by atoms with van der Waals surface area (Å²) in [5, 5.41) is 12.3. The van der Waals surface area contributed by atoms with Crippen molar-refractivity contribution in [1.82, 2.24) is 4.98 Å². The van der Waals surface area contributed by atoms with Crippen molar-refractivity contribution in [3.8, 4) is 0 Å². The molecule has 2 N–H and O–H groups in total. The van der Waals surface area contributed by atoms with Gasteiger partial charge in [0.15, 0.2) is 0 Å². The van der Waals surface area contributed by atoms with Gasteiger partial charge in [0.2, 0.25) is 0 Å². The van der Waals surface area contributed by atoms with Crippen LogP contribution in [0.3, 0.4) is 0 Å². The molecule has 98 valence electrons. The second kappa shape index (κ2) is 4.96. The lowest BCUT2D eigenvalue weighted by Gasteiger charge is -2.11. The van der Waals surface area contributed by atoms with Crippen LogP contribution in [0, 0.1) is 11.8 Å². The number of rotatable bonds is 5. The molecule has 1 aliphatic carbocycles. The van der Waals surface area contributed by atoms with E-state index < -0.39 is 5.97 Å². The molecule has 1 saturated carbocycles. The van der Waals surface area contributed by atoms with E-state index in [9.17, 15) is 4.79 Å². The molecule has 2 atom stereocenters. The highest BCUT2D eigenvalue weighted by Crippen LogP contribution is 2.37. The van der Waals surface area contributed by atoms with Crippen molar-refractivity contribution in [2.75, 3.05) is 11.9 Å². The highest BCUT2D eigenvalue weighted by molar-refractivity contribution is 5.88. The van der Waals surface area contributed by atoms with Crippen LogP contribution in [0.25, 0.3) is 0 Å². The summed E-state index contributed by atoms with van der Waals surface area (Å²) in [4.78, 5) is 15.5. The van der Waals surface area contributed by atoms with E-state index in [1.807, 2.05) is 13.8 Å². The summed E-state index contributed by atoms with van der Waals surface area (Å²) in [5.74, 6) is 1.50. The van der Waals surface area contributed by atoms with Gasteiger partial charge in [-0.25, -0.2) is 9.78 Å². The number of hydrogen-bond acceptors (Lipinski definition) is 3. The second-order valence-corrected chi connectivity index (χ2v) is 5.48. The molecule has 0 amide bonds. The van der Waals surface area contributed by atoms with Crippen molar-refractivity contribution in [3.05, 3.63) is 23.4 Å². The minimum absolute atomic E-state index is 0.227. The molecule has 2 unspecified atom stereocenters. The van der Waals surface area contributed by atoms with Crippen LogP contribution < -0.4 is 5.32 Å².